The number of methoxy groups -OCH3 is 1. The van der Waals surface area contributed by atoms with Gasteiger partial charge in [-0.1, -0.05) is 0 Å². The van der Waals surface area contributed by atoms with Crippen LogP contribution in [0, 0.1) is 13.8 Å². The van der Waals surface area contributed by atoms with Crippen LogP contribution >= 0.6 is 0 Å². The normalized spacial score (nSPS) is 10.7. The van der Waals surface area contributed by atoms with E-state index >= 15 is 0 Å². The van der Waals surface area contributed by atoms with Crippen molar-refractivity contribution < 1.29 is 9.53 Å². The van der Waals surface area contributed by atoms with Gasteiger partial charge in [0.2, 0.25) is 0 Å². The third-order valence-electron chi connectivity index (χ3n) is 4.75. The summed E-state index contributed by atoms with van der Waals surface area (Å²) in [5, 5.41) is 2.82. The summed E-state index contributed by atoms with van der Waals surface area (Å²) in [5.74, 6) is 0.700. The number of anilines is 1. The maximum absolute atomic E-state index is 12.6. The van der Waals surface area contributed by atoms with Crippen molar-refractivity contribution >= 4 is 22.8 Å². The number of ether oxygens (including phenoxy) is 1. The Bertz CT molecular complexity index is 1150. The van der Waals surface area contributed by atoms with Gasteiger partial charge in [0.15, 0.2) is 0 Å². The van der Waals surface area contributed by atoms with Gasteiger partial charge in [0.05, 0.1) is 18.1 Å². The largest absolute Gasteiger partial charge is 0.497 e. The molecule has 0 atom stereocenters. The Balaban J connectivity index is 1.89. The third-order valence-corrected chi connectivity index (χ3v) is 4.75. The fraction of sp³-hybridized carbons (Fsp3) is 0.250. The Morgan fingerprint density at radius 3 is 2.39 bits per heavy atom. The first-order valence-electron chi connectivity index (χ1n) is 8.71. The number of urea groups is 1. The molecule has 0 aliphatic carbocycles. The van der Waals surface area contributed by atoms with E-state index in [2.05, 4.69) is 15.3 Å². The number of hydrogen-bond acceptors (Lipinski definition) is 4. The second-order valence-corrected chi connectivity index (χ2v) is 6.64. The molecule has 0 fully saturated rings. The molecule has 146 valence electrons. The number of aromatic amines is 2. The van der Waals surface area contributed by atoms with Gasteiger partial charge in [-0.2, -0.15) is 0 Å². The molecule has 0 bridgehead atoms. The van der Waals surface area contributed by atoms with E-state index in [9.17, 15) is 14.4 Å². The molecule has 3 N–H and O–H groups in total. The van der Waals surface area contributed by atoms with E-state index in [1.165, 1.54) is 4.90 Å². The Morgan fingerprint density at radius 2 is 1.75 bits per heavy atom. The van der Waals surface area contributed by atoms with Crippen LogP contribution in [-0.2, 0) is 6.54 Å². The van der Waals surface area contributed by atoms with Crippen LogP contribution < -0.4 is 21.2 Å². The molecule has 0 aliphatic rings. The number of rotatable bonds is 4. The Labute approximate surface area is 161 Å². The van der Waals surface area contributed by atoms with Crippen molar-refractivity contribution in [1.29, 1.82) is 0 Å². The van der Waals surface area contributed by atoms with E-state index in [0.29, 0.717) is 22.5 Å². The van der Waals surface area contributed by atoms with Crippen molar-refractivity contribution in [3.05, 3.63) is 67.7 Å². The third kappa shape index (κ3) is 3.75. The zero-order valence-corrected chi connectivity index (χ0v) is 16.2. The molecule has 3 rings (SSSR count). The van der Waals surface area contributed by atoms with Crippen molar-refractivity contribution in [2.24, 2.45) is 0 Å². The number of aryl methyl sites for hydroxylation is 1. The summed E-state index contributed by atoms with van der Waals surface area (Å²) in [6.07, 6.45) is 0. The Morgan fingerprint density at radius 1 is 1.11 bits per heavy atom. The summed E-state index contributed by atoms with van der Waals surface area (Å²) in [5.41, 5.74) is 2.95. The molecule has 8 heteroatoms. The number of amides is 2. The molecule has 8 nitrogen and oxygen atoms in total. The predicted octanol–water partition coefficient (Wildman–Crippen LogP) is 2.51. The van der Waals surface area contributed by atoms with E-state index < -0.39 is 11.1 Å². The lowest BCUT2D eigenvalue weighted by molar-refractivity contribution is 0.221. The summed E-state index contributed by atoms with van der Waals surface area (Å²) >= 11 is 0. The lowest BCUT2D eigenvalue weighted by Crippen LogP contribution is -2.32. The lowest BCUT2D eigenvalue weighted by Gasteiger charge is -2.21. The maximum atomic E-state index is 12.6. The van der Waals surface area contributed by atoms with Gasteiger partial charge in [-0.05, 0) is 55.3 Å². The molecule has 0 unspecified atom stereocenters. The van der Waals surface area contributed by atoms with Gasteiger partial charge in [-0.25, -0.2) is 4.79 Å². The minimum Gasteiger partial charge on any atom is -0.497 e. The van der Waals surface area contributed by atoms with Gasteiger partial charge in [-0.15, -0.1) is 0 Å². The van der Waals surface area contributed by atoms with Gasteiger partial charge in [0, 0.05) is 24.8 Å². The summed E-state index contributed by atoms with van der Waals surface area (Å²) < 4.78 is 5.11. The molecule has 0 radical (unpaired) electrons. The van der Waals surface area contributed by atoms with Crippen molar-refractivity contribution in [3.8, 4) is 5.75 Å². The lowest BCUT2D eigenvalue weighted by atomic mass is 10.0. The number of benzene rings is 2. The van der Waals surface area contributed by atoms with Crippen LogP contribution in [0.4, 0.5) is 10.5 Å². The number of carbonyl (C=O) groups is 1. The number of H-pyrrole nitrogens is 2. The van der Waals surface area contributed by atoms with E-state index in [-0.39, 0.29) is 12.6 Å². The van der Waals surface area contributed by atoms with E-state index in [4.69, 9.17) is 4.74 Å². The Hall–Kier alpha value is -3.55. The minimum atomic E-state index is -0.720. The second-order valence-electron chi connectivity index (χ2n) is 6.64. The molecular formula is C20H22N4O4. The molecule has 0 saturated heterocycles. The number of fused-ring (bicyclic) bond motifs is 1. The van der Waals surface area contributed by atoms with Gasteiger partial charge in [-0.3, -0.25) is 9.59 Å². The molecule has 28 heavy (non-hydrogen) atoms. The first-order chi connectivity index (χ1) is 13.3. The zero-order valence-electron chi connectivity index (χ0n) is 16.2. The minimum absolute atomic E-state index is 0.258. The zero-order chi connectivity index (χ0) is 20.4. The van der Waals surface area contributed by atoms with Crippen LogP contribution in [0.2, 0.25) is 0 Å². The first kappa shape index (κ1) is 19.2. The summed E-state index contributed by atoms with van der Waals surface area (Å²) in [6.45, 7) is 4.09. The highest BCUT2D eigenvalue weighted by atomic mass is 16.5. The van der Waals surface area contributed by atoms with Crippen molar-refractivity contribution in [1.82, 2.24) is 14.9 Å². The smallest absolute Gasteiger partial charge is 0.321 e. The van der Waals surface area contributed by atoms with Crippen LogP contribution in [0.5, 0.6) is 5.75 Å². The van der Waals surface area contributed by atoms with E-state index in [0.717, 1.165) is 16.7 Å². The average Bonchev–Trinajstić information content (AvgIpc) is 2.67. The molecule has 1 heterocycles. The highest BCUT2D eigenvalue weighted by Gasteiger charge is 2.16. The fourth-order valence-electron chi connectivity index (χ4n) is 2.98. The fourth-order valence-corrected chi connectivity index (χ4v) is 2.98. The van der Waals surface area contributed by atoms with Gasteiger partial charge >= 0.3 is 17.1 Å². The molecule has 1 aromatic heterocycles. The molecule has 2 aromatic carbocycles. The van der Waals surface area contributed by atoms with Crippen LogP contribution in [-0.4, -0.2) is 35.1 Å². The number of hydrogen-bond donors (Lipinski definition) is 3. The molecule has 3 aromatic rings. The number of aromatic nitrogens is 2. The maximum Gasteiger partial charge on any atom is 0.321 e. The Kier molecular flexibility index (Phi) is 5.21. The van der Waals surface area contributed by atoms with E-state index in [1.807, 2.05) is 19.9 Å². The molecule has 0 aliphatic heterocycles. The average molecular weight is 382 g/mol. The first-order valence-corrected chi connectivity index (χ1v) is 8.71. The summed E-state index contributed by atoms with van der Waals surface area (Å²) in [4.78, 5) is 42.7. The van der Waals surface area contributed by atoms with E-state index in [1.54, 1.807) is 38.4 Å². The van der Waals surface area contributed by atoms with Crippen molar-refractivity contribution in [3.63, 3.8) is 0 Å². The van der Waals surface area contributed by atoms with Gasteiger partial charge < -0.3 is 24.9 Å². The van der Waals surface area contributed by atoms with Gasteiger partial charge in [0.1, 0.15) is 5.75 Å². The SMILES string of the molecule is COc1ccc(NC(=O)N(C)Cc2c(C)c(C)cc3[nH]c(=O)c(=O)[nH]c23)cc1. The monoisotopic (exact) mass is 382 g/mol. The predicted molar refractivity (Wildman–Crippen MR) is 108 cm³/mol. The van der Waals surface area contributed by atoms with Crippen molar-refractivity contribution in [2.75, 3.05) is 19.5 Å². The quantitative estimate of drug-likeness (QED) is 0.603. The van der Waals surface area contributed by atoms with Crippen LogP contribution in [0.25, 0.3) is 11.0 Å². The van der Waals surface area contributed by atoms with Crippen molar-refractivity contribution in [2.45, 2.75) is 20.4 Å². The van der Waals surface area contributed by atoms with Gasteiger partial charge in [0.25, 0.3) is 0 Å². The summed E-state index contributed by atoms with van der Waals surface area (Å²) in [6, 6.07) is 8.53. The highest BCUT2D eigenvalue weighted by molar-refractivity contribution is 5.89. The topological polar surface area (TPSA) is 107 Å². The number of carbonyl (C=O) groups excluding carboxylic acids is 1. The number of nitrogens with one attached hydrogen (secondary N) is 3. The molecule has 2 amide bonds. The standard InChI is InChI=1S/C20H22N4O4/c1-11-9-16-17(23-19(26)18(25)22-16)15(12(11)2)10-24(3)20(27)21-13-5-7-14(28-4)8-6-13/h5-9H,10H2,1-4H3,(H,21,27)(H,22,25)(H,23,26). The van der Waals surface area contributed by atoms with Crippen LogP contribution in [0.15, 0.2) is 39.9 Å². The second kappa shape index (κ2) is 7.59. The molecule has 0 saturated carbocycles. The summed E-state index contributed by atoms with van der Waals surface area (Å²) in [7, 11) is 3.24. The van der Waals surface area contributed by atoms with Crippen LogP contribution in [0.1, 0.15) is 16.7 Å². The highest BCUT2D eigenvalue weighted by Crippen LogP contribution is 2.23. The number of nitrogens with zero attached hydrogens (tertiary/aromatic N) is 1. The van der Waals surface area contributed by atoms with Crippen LogP contribution in [0.3, 0.4) is 0 Å². The molecular weight excluding hydrogens is 360 g/mol. The molecule has 0 spiro atoms.